The van der Waals surface area contributed by atoms with Crippen molar-refractivity contribution < 1.29 is 18.7 Å². The topological polar surface area (TPSA) is 55.7 Å². The highest BCUT2D eigenvalue weighted by Gasteiger charge is 2.14. The van der Waals surface area contributed by atoms with Gasteiger partial charge in [0.1, 0.15) is 29.6 Å². The number of benzene rings is 1. The van der Waals surface area contributed by atoms with Crippen LogP contribution in [0.25, 0.3) is 22.6 Å². The highest BCUT2D eigenvalue weighted by molar-refractivity contribution is 5.80. The van der Waals surface area contributed by atoms with E-state index in [1.54, 1.807) is 19.4 Å². The summed E-state index contributed by atoms with van der Waals surface area (Å²) in [6, 6.07) is 13.0. The number of aliphatic hydroxyl groups is 1. The van der Waals surface area contributed by atoms with Gasteiger partial charge in [0, 0.05) is 11.1 Å². The Kier molecular flexibility index (Phi) is 3.31. The molecule has 0 unspecified atom stereocenters. The van der Waals surface area contributed by atoms with Gasteiger partial charge in [-0.1, -0.05) is 0 Å². The van der Waals surface area contributed by atoms with Crippen LogP contribution in [0.3, 0.4) is 0 Å². The van der Waals surface area contributed by atoms with Crippen molar-refractivity contribution in [3.8, 4) is 28.4 Å². The van der Waals surface area contributed by atoms with Crippen LogP contribution in [0, 0.1) is 0 Å². The van der Waals surface area contributed by atoms with Gasteiger partial charge >= 0.3 is 0 Å². The van der Waals surface area contributed by atoms with Gasteiger partial charge in [-0.15, -0.1) is 0 Å². The van der Waals surface area contributed by atoms with Crippen molar-refractivity contribution in [3.63, 3.8) is 0 Å². The minimum absolute atomic E-state index is 0.119. The van der Waals surface area contributed by atoms with Gasteiger partial charge in [-0.25, -0.2) is 0 Å². The summed E-state index contributed by atoms with van der Waals surface area (Å²) in [5.41, 5.74) is 1.77. The second-order valence-electron chi connectivity index (χ2n) is 4.31. The molecule has 1 aromatic carbocycles. The number of hydrogen-bond acceptors (Lipinski definition) is 4. The average Bonchev–Trinajstić information content (AvgIpc) is 3.17. The Labute approximate surface area is 116 Å². The molecule has 20 heavy (non-hydrogen) atoms. The number of aliphatic hydroxyl groups excluding tert-OH is 1. The molecule has 0 aliphatic carbocycles. The highest BCUT2D eigenvalue weighted by atomic mass is 16.5. The zero-order valence-corrected chi connectivity index (χ0v) is 11.0. The summed E-state index contributed by atoms with van der Waals surface area (Å²) in [5, 5.41) is 9.10. The van der Waals surface area contributed by atoms with Gasteiger partial charge < -0.3 is 18.7 Å². The average molecular weight is 270 g/mol. The summed E-state index contributed by atoms with van der Waals surface area (Å²) >= 11 is 0. The lowest BCUT2D eigenvalue weighted by atomic mass is 10.0. The standard InChI is InChI=1S/C16H14O4/c1-18-11-4-6-13(16-7-5-12(10-17)20-16)14(9-11)15-3-2-8-19-15/h2-9,17H,10H2,1H3. The molecule has 0 radical (unpaired) electrons. The Morgan fingerprint density at radius 2 is 1.95 bits per heavy atom. The lowest BCUT2D eigenvalue weighted by Gasteiger charge is -2.08. The van der Waals surface area contributed by atoms with E-state index in [4.69, 9.17) is 18.7 Å². The smallest absolute Gasteiger partial charge is 0.135 e. The molecule has 102 valence electrons. The normalized spacial score (nSPS) is 10.7. The molecule has 0 aliphatic heterocycles. The molecule has 2 heterocycles. The van der Waals surface area contributed by atoms with Gasteiger partial charge in [0.05, 0.1) is 13.4 Å². The van der Waals surface area contributed by atoms with Crippen LogP contribution in [-0.4, -0.2) is 12.2 Å². The lowest BCUT2D eigenvalue weighted by molar-refractivity contribution is 0.248. The molecular weight excluding hydrogens is 256 g/mol. The van der Waals surface area contributed by atoms with E-state index in [2.05, 4.69) is 0 Å². The van der Waals surface area contributed by atoms with Crippen molar-refractivity contribution in [1.82, 2.24) is 0 Å². The van der Waals surface area contributed by atoms with Gasteiger partial charge in [0.15, 0.2) is 0 Å². The first-order valence-corrected chi connectivity index (χ1v) is 6.23. The van der Waals surface area contributed by atoms with Crippen LogP contribution in [0.5, 0.6) is 5.75 Å². The molecule has 0 saturated carbocycles. The molecule has 3 rings (SSSR count). The molecule has 0 bridgehead atoms. The third-order valence-electron chi connectivity index (χ3n) is 3.10. The fourth-order valence-electron chi connectivity index (χ4n) is 2.11. The van der Waals surface area contributed by atoms with Crippen LogP contribution in [0.1, 0.15) is 5.76 Å². The van der Waals surface area contributed by atoms with Crippen LogP contribution in [0.15, 0.2) is 57.6 Å². The molecule has 4 nitrogen and oxygen atoms in total. The molecule has 0 saturated heterocycles. The molecule has 0 atom stereocenters. The summed E-state index contributed by atoms with van der Waals surface area (Å²) < 4.78 is 16.3. The molecule has 0 amide bonds. The van der Waals surface area contributed by atoms with Gasteiger partial charge in [-0.3, -0.25) is 0 Å². The third kappa shape index (κ3) is 2.21. The van der Waals surface area contributed by atoms with Crippen LogP contribution in [0.4, 0.5) is 0 Å². The van der Waals surface area contributed by atoms with Crippen molar-refractivity contribution >= 4 is 0 Å². The monoisotopic (exact) mass is 270 g/mol. The number of methoxy groups -OCH3 is 1. The fraction of sp³-hybridized carbons (Fsp3) is 0.125. The van der Waals surface area contributed by atoms with E-state index in [1.165, 1.54) is 0 Å². The van der Waals surface area contributed by atoms with Crippen LogP contribution in [-0.2, 0) is 6.61 Å². The van der Waals surface area contributed by atoms with Crippen molar-refractivity contribution in [3.05, 3.63) is 54.5 Å². The second kappa shape index (κ2) is 5.27. The van der Waals surface area contributed by atoms with Crippen molar-refractivity contribution in [2.24, 2.45) is 0 Å². The fourth-order valence-corrected chi connectivity index (χ4v) is 2.11. The first-order chi connectivity index (χ1) is 9.81. The summed E-state index contributed by atoms with van der Waals surface area (Å²) in [6.07, 6.45) is 1.62. The van der Waals surface area contributed by atoms with Gasteiger partial charge in [-0.05, 0) is 42.5 Å². The molecule has 1 N–H and O–H groups in total. The van der Waals surface area contributed by atoms with E-state index in [0.717, 1.165) is 22.6 Å². The van der Waals surface area contributed by atoms with E-state index in [0.29, 0.717) is 11.5 Å². The number of hydrogen-bond donors (Lipinski definition) is 1. The van der Waals surface area contributed by atoms with Crippen LogP contribution < -0.4 is 4.74 Å². The minimum Gasteiger partial charge on any atom is -0.497 e. The summed E-state index contributed by atoms with van der Waals surface area (Å²) in [4.78, 5) is 0. The van der Waals surface area contributed by atoms with Crippen molar-refractivity contribution in [2.75, 3.05) is 7.11 Å². The van der Waals surface area contributed by atoms with Gasteiger partial charge in [-0.2, -0.15) is 0 Å². The zero-order chi connectivity index (χ0) is 13.9. The van der Waals surface area contributed by atoms with E-state index in [9.17, 15) is 0 Å². The van der Waals surface area contributed by atoms with Crippen molar-refractivity contribution in [1.29, 1.82) is 0 Å². The maximum atomic E-state index is 9.10. The second-order valence-corrected chi connectivity index (χ2v) is 4.31. The lowest BCUT2D eigenvalue weighted by Crippen LogP contribution is -1.87. The SMILES string of the molecule is COc1ccc(-c2ccc(CO)o2)c(-c2ccco2)c1. The van der Waals surface area contributed by atoms with Crippen LogP contribution in [0.2, 0.25) is 0 Å². The molecule has 4 heteroatoms. The first kappa shape index (κ1) is 12.6. The minimum atomic E-state index is -0.119. The van der Waals surface area contributed by atoms with Crippen molar-refractivity contribution in [2.45, 2.75) is 6.61 Å². The Hall–Kier alpha value is -2.46. The van der Waals surface area contributed by atoms with Gasteiger partial charge in [0.2, 0.25) is 0 Å². The predicted octanol–water partition coefficient (Wildman–Crippen LogP) is 3.71. The Morgan fingerprint density at radius 1 is 1.05 bits per heavy atom. The summed E-state index contributed by atoms with van der Waals surface area (Å²) in [6.45, 7) is -0.119. The third-order valence-corrected chi connectivity index (χ3v) is 3.10. The molecule has 0 spiro atoms. The first-order valence-electron chi connectivity index (χ1n) is 6.23. The van der Waals surface area contributed by atoms with E-state index < -0.39 is 0 Å². The predicted molar refractivity (Wildman–Crippen MR) is 74.3 cm³/mol. The van der Waals surface area contributed by atoms with E-state index in [-0.39, 0.29) is 6.61 Å². The molecule has 3 aromatic rings. The number of furan rings is 2. The number of ether oxygens (including phenoxy) is 1. The quantitative estimate of drug-likeness (QED) is 0.785. The van der Waals surface area contributed by atoms with E-state index >= 15 is 0 Å². The highest BCUT2D eigenvalue weighted by Crippen LogP contribution is 2.36. The van der Waals surface area contributed by atoms with Gasteiger partial charge in [0.25, 0.3) is 0 Å². The molecule has 0 fully saturated rings. The largest absolute Gasteiger partial charge is 0.497 e. The maximum Gasteiger partial charge on any atom is 0.135 e. The molecule has 2 aromatic heterocycles. The van der Waals surface area contributed by atoms with Crippen LogP contribution >= 0.6 is 0 Å². The zero-order valence-electron chi connectivity index (χ0n) is 11.0. The number of rotatable bonds is 4. The van der Waals surface area contributed by atoms with E-state index in [1.807, 2.05) is 36.4 Å². The Balaban J connectivity index is 2.14. The summed E-state index contributed by atoms with van der Waals surface area (Å²) in [7, 11) is 1.62. The Morgan fingerprint density at radius 3 is 2.60 bits per heavy atom. The summed E-state index contributed by atoms with van der Waals surface area (Å²) in [5.74, 6) is 2.69. The molecular formula is C16H14O4. The molecule has 0 aliphatic rings. The Bertz CT molecular complexity index is 695. The maximum absolute atomic E-state index is 9.10.